The van der Waals surface area contributed by atoms with Gasteiger partial charge in [-0.05, 0) is 43.9 Å². The van der Waals surface area contributed by atoms with Crippen molar-refractivity contribution in [3.05, 3.63) is 34.9 Å². The van der Waals surface area contributed by atoms with Crippen molar-refractivity contribution in [1.29, 1.82) is 0 Å². The molecule has 0 radical (unpaired) electrons. The summed E-state index contributed by atoms with van der Waals surface area (Å²) in [6.45, 7) is 4.79. The molecule has 5 rings (SSSR count). The van der Waals surface area contributed by atoms with Gasteiger partial charge in [-0.2, -0.15) is 0 Å². The van der Waals surface area contributed by atoms with Crippen LogP contribution in [0, 0.1) is 0 Å². The molecule has 4 aliphatic rings. The lowest BCUT2D eigenvalue weighted by atomic mass is 9.79. The third-order valence-corrected chi connectivity index (χ3v) is 7.69. The normalized spacial score (nSPS) is 25.3. The molecule has 0 spiro atoms. The highest BCUT2D eigenvalue weighted by molar-refractivity contribution is 6.22. The van der Waals surface area contributed by atoms with Crippen LogP contribution >= 0.6 is 0 Å². The van der Waals surface area contributed by atoms with Crippen molar-refractivity contribution in [3.63, 3.8) is 0 Å². The van der Waals surface area contributed by atoms with Gasteiger partial charge in [0, 0.05) is 37.3 Å². The molecular formula is C25H33N3O5. The Kier molecular flexibility index (Phi) is 6.49. The minimum absolute atomic E-state index is 0.0295. The molecule has 1 aliphatic carbocycles. The van der Waals surface area contributed by atoms with Gasteiger partial charge in [-0.15, -0.1) is 0 Å². The minimum atomic E-state index is -0.336. The summed E-state index contributed by atoms with van der Waals surface area (Å²) < 4.78 is 11.1. The number of fused-ring (bicyclic) bond motifs is 1. The molecule has 1 aromatic carbocycles. The Balaban J connectivity index is 1.27. The summed E-state index contributed by atoms with van der Waals surface area (Å²) in [5.41, 5.74) is 1.07. The topological polar surface area (TPSA) is 88.2 Å². The molecule has 33 heavy (non-hydrogen) atoms. The van der Waals surface area contributed by atoms with E-state index < -0.39 is 0 Å². The maximum Gasteiger partial charge on any atom is 0.261 e. The Hall–Kier alpha value is -2.29. The quantitative estimate of drug-likeness (QED) is 0.662. The second-order valence-corrected chi connectivity index (χ2v) is 9.68. The van der Waals surface area contributed by atoms with Crippen LogP contribution in [-0.4, -0.2) is 85.2 Å². The molecule has 1 aromatic rings. The summed E-state index contributed by atoms with van der Waals surface area (Å²) in [7, 11) is 0. The largest absolute Gasteiger partial charge is 0.379 e. The lowest BCUT2D eigenvalue weighted by Crippen LogP contribution is -2.59. The zero-order valence-corrected chi connectivity index (χ0v) is 19.1. The monoisotopic (exact) mass is 455 g/mol. The summed E-state index contributed by atoms with van der Waals surface area (Å²) in [5.74, 6) is -0.836. The number of amides is 3. The molecule has 8 nitrogen and oxygen atoms in total. The fourth-order valence-corrected chi connectivity index (χ4v) is 5.79. The maximum atomic E-state index is 13.1. The van der Waals surface area contributed by atoms with Gasteiger partial charge in [-0.3, -0.25) is 24.2 Å². The van der Waals surface area contributed by atoms with E-state index in [9.17, 15) is 14.4 Å². The van der Waals surface area contributed by atoms with Crippen LogP contribution in [0.4, 0.5) is 0 Å². The van der Waals surface area contributed by atoms with Crippen molar-refractivity contribution in [1.82, 2.24) is 15.1 Å². The van der Waals surface area contributed by atoms with Crippen molar-refractivity contribution in [2.45, 2.75) is 56.6 Å². The molecule has 3 aliphatic heterocycles. The van der Waals surface area contributed by atoms with Crippen LogP contribution in [-0.2, 0) is 9.47 Å². The standard InChI is InChI=1S/C25H33N3O5/c29-22(26-17-25(8-2-1-3-9-25)27-10-13-32-14-11-27)18-6-7-20-21(15-18)24(31)28(23(20)30)16-19-5-4-12-33-19/h6-7,15,19H,1-5,8-14,16-17H2,(H,26,29). The zero-order chi connectivity index (χ0) is 22.8. The van der Waals surface area contributed by atoms with E-state index in [-0.39, 0.29) is 35.9 Å². The number of hydrogen-bond donors (Lipinski definition) is 1. The van der Waals surface area contributed by atoms with Gasteiger partial charge < -0.3 is 14.8 Å². The van der Waals surface area contributed by atoms with Crippen molar-refractivity contribution in [3.8, 4) is 0 Å². The lowest BCUT2D eigenvalue weighted by molar-refractivity contribution is -0.0361. The second-order valence-electron chi connectivity index (χ2n) is 9.68. The summed E-state index contributed by atoms with van der Waals surface area (Å²) in [4.78, 5) is 42.5. The van der Waals surface area contributed by atoms with Gasteiger partial charge in [-0.25, -0.2) is 0 Å². The summed E-state index contributed by atoms with van der Waals surface area (Å²) in [6, 6.07) is 4.83. The molecule has 1 atom stereocenters. The van der Waals surface area contributed by atoms with Crippen LogP contribution in [0.3, 0.4) is 0 Å². The number of ether oxygens (including phenoxy) is 2. The molecule has 178 valence electrons. The molecular weight excluding hydrogens is 422 g/mol. The van der Waals surface area contributed by atoms with Crippen molar-refractivity contribution < 1.29 is 23.9 Å². The average Bonchev–Trinajstić information content (AvgIpc) is 3.46. The van der Waals surface area contributed by atoms with E-state index in [1.54, 1.807) is 18.2 Å². The van der Waals surface area contributed by atoms with Crippen LogP contribution in [0.2, 0.25) is 0 Å². The molecule has 8 heteroatoms. The predicted octanol–water partition coefficient (Wildman–Crippen LogP) is 2.23. The molecule has 3 fully saturated rings. The number of hydrogen-bond acceptors (Lipinski definition) is 6. The van der Waals surface area contributed by atoms with E-state index >= 15 is 0 Å². The van der Waals surface area contributed by atoms with Gasteiger partial charge in [0.25, 0.3) is 17.7 Å². The fraction of sp³-hybridized carbons (Fsp3) is 0.640. The highest BCUT2D eigenvalue weighted by Gasteiger charge is 2.40. The molecule has 2 saturated heterocycles. The van der Waals surface area contributed by atoms with Crippen LogP contribution < -0.4 is 5.32 Å². The summed E-state index contributed by atoms with van der Waals surface area (Å²) in [5, 5.41) is 3.14. The van der Waals surface area contributed by atoms with Gasteiger partial charge in [0.2, 0.25) is 0 Å². The zero-order valence-electron chi connectivity index (χ0n) is 19.1. The Morgan fingerprint density at radius 1 is 1.00 bits per heavy atom. The van der Waals surface area contributed by atoms with Gasteiger partial charge in [-0.1, -0.05) is 19.3 Å². The fourth-order valence-electron chi connectivity index (χ4n) is 5.79. The average molecular weight is 456 g/mol. The van der Waals surface area contributed by atoms with Crippen LogP contribution in [0.15, 0.2) is 18.2 Å². The number of imide groups is 1. The van der Waals surface area contributed by atoms with Gasteiger partial charge in [0.05, 0.1) is 37.0 Å². The van der Waals surface area contributed by atoms with Gasteiger partial charge >= 0.3 is 0 Å². The van der Waals surface area contributed by atoms with E-state index in [2.05, 4.69) is 10.2 Å². The maximum absolute atomic E-state index is 13.1. The molecule has 0 aromatic heterocycles. The smallest absolute Gasteiger partial charge is 0.261 e. The Labute approximate surface area is 194 Å². The van der Waals surface area contributed by atoms with E-state index in [1.165, 1.54) is 24.2 Å². The highest BCUT2D eigenvalue weighted by atomic mass is 16.5. The Bertz CT molecular complexity index is 915. The summed E-state index contributed by atoms with van der Waals surface area (Å²) in [6.07, 6.45) is 7.43. The van der Waals surface area contributed by atoms with Crippen molar-refractivity contribution >= 4 is 17.7 Å². The number of benzene rings is 1. The number of nitrogens with zero attached hydrogens (tertiary/aromatic N) is 2. The molecule has 1 N–H and O–H groups in total. The number of rotatable bonds is 6. The minimum Gasteiger partial charge on any atom is -0.379 e. The second kappa shape index (κ2) is 9.52. The molecule has 0 bridgehead atoms. The number of carbonyl (C=O) groups is 3. The number of nitrogens with one attached hydrogen (secondary N) is 1. The first-order valence-electron chi connectivity index (χ1n) is 12.3. The Morgan fingerprint density at radius 3 is 2.48 bits per heavy atom. The molecule has 1 unspecified atom stereocenters. The van der Waals surface area contributed by atoms with E-state index in [0.717, 1.165) is 52.0 Å². The van der Waals surface area contributed by atoms with E-state index in [1.807, 2.05) is 0 Å². The van der Waals surface area contributed by atoms with Crippen LogP contribution in [0.5, 0.6) is 0 Å². The third-order valence-electron chi connectivity index (χ3n) is 7.69. The van der Waals surface area contributed by atoms with Gasteiger partial charge in [0.1, 0.15) is 0 Å². The van der Waals surface area contributed by atoms with E-state index in [4.69, 9.17) is 9.47 Å². The molecule has 3 amide bonds. The first kappa shape index (κ1) is 22.5. The van der Waals surface area contributed by atoms with Crippen LogP contribution in [0.25, 0.3) is 0 Å². The number of carbonyl (C=O) groups excluding carboxylic acids is 3. The number of morpholine rings is 1. The first-order valence-corrected chi connectivity index (χ1v) is 12.3. The van der Waals surface area contributed by atoms with Gasteiger partial charge in [0.15, 0.2) is 0 Å². The molecule has 3 heterocycles. The van der Waals surface area contributed by atoms with E-state index in [0.29, 0.717) is 29.8 Å². The van der Waals surface area contributed by atoms with Crippen LogP contribution in [0.1, 0.15) is 76.0 Å². The lowest BCUT2D eigenvalue weighted by Gasteiger charge is -2.48. The Morgan fingerprint density at radius 2 is 1.76 bits per heavy atom. The van der Waals surface area contributed by atoms with Crippen molar-refractivity contribution in [2.75, 3.05) is 46.0 Å². The molecule has 1 saturated carbocycles. The highest BCUT2D eigenvalue weighted by Crippen LogP contribution is 2.34. The first-order chi connectivity index (χ1) is 16.1. The third kappa shape index (κ3) is 4.44. The SMILES string of the molecule is O=C(NCC1(N2CCOCC2)CCCCC1)c1ccc2c(c1)C(=O)N(CC1CCCO1)C2=O. The van der Waals surface area contributed by atoms with Crippen molar-refractivity contribution in [2.24, 2.45) is 0 Å². The summed E-state index contributed by atoms with van der Waals surface area (Å²) >= 11 is 0. The predicted molar refractivity (Wildman–Crippen MR) is 121 cm³/mol.